The Morgan fingerprint density at radius 1 is 1.32 bits per heavy atom. The van der Waals surface area contributed by atoms with Gasteiger partial charge in [-0.2, -0.15) is 0 Å². The van der Waals surface area contributed by atoms with Crippen molar-refractivity contribution >= 4 is 5.91 Å². The van der Waals surface area contributed by atoms with Gasteiger partial charge in [0.05, 0.1) is 19.8 Å². The highest BCUT2D eigenvalue weighted by atomic mass is 16.6. The van der Waals surface area contributed by atoms with Crippen molar-refractivity contribution in [3.8, 4) is 0 Å². The summed E-state index contributed by atoms with van der Waals surface area (Å²) < 4.78 is 10.7. The van der Waals surface area contributed by atoms with Crippen molar-refractivity contribution in [2.45, 2.75) is 13.0 Å². The molecule has 2 aliphatic rings. The number of amides is 1. The molecule has 1 amide bonds. The Hall–Kier alpha value is -0.690. The van der Waals surface area contributed by atoms with Gasteiger partial charge in [-0.3, -0.25) is 9.69 Å². The molecule has 0 aromatic rings. The zero-order valence-electron chi connectivity index (χ0n) is 11.7. The predicted octanol–water partition coefficient (Wildman–Crippen LogP) is -0.859. The van der Waals surface area contributed by atoms with E-state index in [1.165, 1.54) is 0 Å². The molecule has 0 saturated carbocycles. The zero-order valence-corrected chi connectivity index (χ0v) is 11.7. The summed E-state index contributed by atoms with van der Waals surface area (Å²) in [6.07, 6.45) is -0.400. The van der Waals surface area contributed by atoms with Crippen molar-refractivity contribution in [1.82, 2.24) is 9.80 Å². The summed E-state index contributed by atoms with van der Waals surface area (Å²) in [5.41, 5.74) is 5.64. The van der Waals surface area contributed by atoms with Crippen molar-refractivity contribution < 1.29 is 14.3 Å². The topological polar surface area (TPSA) is 68.0 Å². The fourth-order valence-corrected chi connectivity index (χ4v) is 2.50. The lowest BCUT2D eigenvalue weighted by atomic mass is 10.1. The van der Waals surface area contributed by atoms with Crippen LogP contribution in [-0.4, -0.2) is 80.9 Å². The van der Waals surface area contributed by atoms with Crippen LogP contribution in [0, 0.1) is 5.92 Å². The molecule has 110 valence electrons. The van der Waals surface area contributed by atoms with Crippen molar-refractivity contribution in [1.29, 1.82) is 0 Å². The summed E-state index contributed by atoms with van der Waals surface area (Å²) in [6.45, 7) is 8.78. The summed E-state index contributed by atoms with van der Waals surface area (Å²) in [7, 11) is 0. The van der Waals surface area contributed by atoms with Gasteiger partial charge in [0.25, 0.3) is 5.91 Å². The van der Waals surface area contributed by atoms with Gasteiger partial charge < -0.3 is 20.1 Å². The third-order valence-electron chi connectivity index (χ3n) is 3.75. The molecule has 0 aromatic carbocycles. The molecule has 2 rings (SSSR count). The molecule has 0 spiro atoms. The van der Waals surface area contributed by atoms with Crippen LogP contribution in [0.25, 0.3) is 0 Å². The molecule has 19 heavy (non-hydrogen) atoms. The van der Waals surface area contributed by atoms with Crippen molar-refractivity contribution in [3.63, 3.8) is 0 Å². The minimum atomic E-state index is -0.400. The highest BCUT2D eigenvalue weighted by Gasteiger charge is 2.29. The molecule has 2 unspecified atom stereocenters. The molecule has 6 nitrogen and oxygen atoms in total. The highest BCUT2D eigenvalue weighted by molar-refractivity contribution is 5.81. The van der Waals surface area contributed by atoms with Crippen LogP contribution in [0.2, 0.25) is 0 Å². The van der Waals surface area contributed by atoms with Crippen LogP contribution >= 0.6 is 0 Å². The number of hydrogen-bond donors (Lipinski definition) is 1. The van der Waals surface area contributed by atoms with E-state index in [9.17, 15) is 4.79 Å². The predicted molar refractivity (Wildman–Crippen MR) is 71.8 cm³/mol. The van der Waals surface area contributed by atoms with Gasteiger partial charge in [-0.1, -0.05) is 6.92 Å². The minimum Gasteiger partial charge on any atom is -0.376 e. The number of piperazine rings is 1. The highest BCUT2D eigenvalue weighted by Crippen LogP contribution is 2.10. The lowest BCUT2D eigenvalue weighted by Crippen LogP contribution is -2.54. The van der Waals surface area contributed by atoms with E-state index in [2.05, 4.69) is 11.8 Å². The summed E-state index contributed by atoms with van der Waals surface area (Å²) in [4.78, 5) is 16.5. The number of carbonyl (C=O) groups excluding carboxylic acids is 1. The molecule has 2 fully saturated rings. The number of nitrogens with two attached hydrogens (primary N) is 1. The molecular weight excluding hydrogens is 246 g/mol. The molecule has 2 heterocycles. The number of ether oxygens (including phenoxy) is 2. The molecule has 0 bridgehead atoms. The van der Waals surface area contributed by atoms with Crippen LogP contribution in [0.1, 0.15) is 6.92 Å². The monoisotopic (exact) mass is 271 g/mol. The Labute approximate surface area is 114 Å². The van der Waals surface area contributed by atoms with Crippen molar-refractivity contribution in [3.05, 3.63) is 0 Å². The Balaban J connectivity index is 1.74. The lowest BCUT2D eigenvalue weighted by molar-refractivity contribution is -0.159. The number of hydrogen-bond acceptors (Lipinski definition) is 5. The van der Waals surface area contributed by atoms with Gasteiger partial charge in [-0.15, -0.1) is 0 Å². The Kier molecular flexibility index (Phi) is 5.57. The quantitative estimate of drug-likeness (QED) is 0.721. The first-order chi connectivity index (χ1) is 9.20. The second-order valence-corrected chi connectivity index (χ2v) is 5.40. The van der Waals surface area contributed by atoms with Crippen LogP contribution in [0.3, 0.4) is 0 Å². The van der Waals surface area contributed by atoms with Gasteiger partial charge in [0.15, 0.2) is 6.10 Å². The molecule has 2 saturated heterocycles. The van der Waals surface area contributed by atoms with Gasteiger partial charge in [0, 0.05) is 32.7 Å². The second-order valence-electron chi connectivity index (χ2n) is 5.40. The van der Waals surface area contributed by atoms with Crippen LogP contribution in [-0.2, 0) is 14.3 Å². The number of rotatable bonds is 4. The fourth-order valence-electron chi connectivity index (χ4n) is 2.50. The van der Waals surface area contributed by atoms with E-state index in [-0.39, 0.29) is 5.91 Å². The van der Waals surface area contributed by atoms with Gasteiger partial charge in [0.1, 0.15) is 0 Å². The Morgan fingerprint density at radius 2 is 2.05 bits per heavy atom. The fraction of sp³-hybridized carbons (Fsp3) is 0.923. The van der Waals surface area contributed by atoms with Crippen LogP contribution in [0.5, 0.6) is 0 Å². The Morgan fingerprint density at radius 3 is 2.63 bits per heavy atom. The molecule has 6 heteroatoms. The molecule has 2 aliphatic heterocycles. The van der Waals surface area contributed by atoms with Gasteiger partial charge >= 0.3 is 0 Å². The minimum absolute atomic E-state index is 0.0752. The summed E-state index contributed by atoms with van der Waals surface area (Å²) in [5.74, 6) is 0.587. The van der Waals surface area contributed by atoms with E-state index in [1.54, 1.807) is 0 Å². The first kappa shape index (κ1) is 14.7. The van der Waals surface area contributed by atoms with E-state index in [4.69, 9.17) is 15.2 Å². The normalized spacial score (nSPS) is 27.3. The van der Waals surface area contributed by atoms with Crippen molar-refractivity contribution in [2.24, 2.45) is 11.7 Å². The third kappa shape index (κ3) is 4.14. The smallest absolute Gasteiger partial charge is 0.254 e. The third-order valence-corrected chi connectivity index (χ3v) is 3.75. The molecular formula is C13H25N3O3. The van der Waals surface area contributed by atoms with Crippen LogP contribution in [0.15, 0.2) is 0 Å². The summed E-state index contributed by atoms with van der Waals surface area (Å²) >= 11 is 0. The summed E-state index contributed by atoms with van der Waals surface area (Å²) in [6, 6.07) is 0. The average Bonchev–Trinajstić information content (AvgIpc) is 2.48. The van der Waals surface area contributed by atoms with Crippen LogP contribution < -0.4 is 5.73 Å². The maximum absolute atomic E-state index is 12.2. The maximum Gasteiger partial charge on any atom is 0.254 e. The Bertz CT molecular complexity index is 287. The van der Waals surface area contributed by atoms with Gasteiger partial charge in [0.2, 0.25) is 0 Å². The standard InChI is InChI=1S/C13H25N3O3/c1-11(8-14)9-15-2-4-16(5-3-15)13(17)12-10-18-6-7-19-12/h11-12H,2-10,14H2,1H3. The van der Waals surface area contributed by atoms with E-state index < -0.39 is 6.10 Å². The maximum atomic E-state index is 12.2. The average molecular weight is 271 g/mol. The molecule has 0 radical (unpaired) electrons. The zero-order chi connectivity index (χ0) is 13.7. The SMILES string of the molecule is CC(CN)CN1CCN(C(=O)C2COCCO2)CC1. The molecule has 0 aliphatic carbocycles. The first-order valence-corrected chi connectivity index (χ1v) is 7.11. The van der Waals surface area contributed by atoms with E-state index in [0.29, 0.717) is 32.3 Å². The molecule has 2 atom stereocenters. The largest absolute Gasteiger partial charge is 0.376 e. The van der Waals surface area contributed by atoms with Gasteiger partial charge in [-0.05, 0) is 12.5 Å². The van der Waals surface area contributed by atoms with E-state index in [1.807, 2.05) is 4.90 Å². The number of carbonyl (C=O) groups is 1. The van der Waals surface area contributed by atoms with Gasteiger partial charge in [-0.25, -0.2) is 0 Å². The second kappa shape index (κ2) is 7.19. The number of nitrogens with zero attached hydrogens (tertiary/aromatic N) is 2. The van der Waals surface area contributed by atoms with E-state index >= 15 is 0 Å². The van der Waals surface area contributed by atoms with Crippen molar-refractivity contribution in [2.75, 3.05) is 59.1 Å². The summed E-state index contributed by atoms with van der Waals surface area (Å²) in [5, 5.41) is 0. The molecule has 2 N–H and O–H groups in total. The van der Waals surface area contributed by atoms with E-state index in [0.717, 1.165) is 32.7 Å². The van der Waals surface area contributed by atoms with Crippen LogP contribution in [0.4, 0.5) is 0 Å². The molecule has 0 aromatic heterocycles. The first-order valence-electron chi connectivity index (χ1n) is 7.11. The lowest BCUT2D eigenvalue weighted by Gasteiger charge is -2.37.